The number of thiazole rings is 1. The SMILES string of the molecule is COc1ccc(Cl)c2sc(N(Cc3cccnc3)C(=O)c3ccccc3)nc12. The maximum atomic E-state index is 13.3. The number of anilines is 1. The van der Waals surface area contributed by atoms with Crippen LogP contribution in [0.15, 0.2) is 67.0 Å². The molecule has 2 aromatic carbocycles. The number of hydrogen-bond acceptors (Lipinski definition) is 5. The van der Waals surface area contributed by atoms with Gasteiger partial charge in [0.2, 0.25) is 0 Å². The quantitative estimate of drug-likeness (QED) is 0.454. The second-order valence-electron chi connectivity index (χ2n) is 6.04. The predicted molar refractivity (Wildman–Crippen MR) is 112 cm³/mol. The Hall–Kier alpha value is -2.96. The van der Waals surface area contributed by atoms with Crippen molar-refractivity contribution >= 4 is 44.2 Å². The first-order valence-electron chi connectivity index (χ1n) is 8.56. The van der Waals surface area contributed by atoms with Crippen molar-refractivity contribution in [3.63, 3.8) is 0 Å². The van der Waals surface area contributed by atoms with Crippen LogP contribution in [0.2, 0.25) is 5.02 Å². The number of pyridine rings is 1. The van der Waals surface area contributed by atoms with Crippen LogP contribution >= 0.6 is 22.9 Å². The van der Waals surface area contributed by atoms with Crippen LogP contribution in [0.3, 0.4) is 0 Å². The zero-order valence-corrected chi connectivity index (χ0v) is 16.6. The molecule has 0 aliphatic rings. The third kappa shape index (κ3) is 3.56. The lowest BCUT2D eigenvalue weighted by molar-refractivity contribution is 0.0985. The molecular formula is C21H16ClN3O2S. The van der Waals surface area contributed by atoms with Crippen LogP contribution in [0.4, 0.5) is 5.13 Å². The number of aromatic nitrogens is 2. The van der Waals surface area contributed by atoms with Gasteiger partial charge in [-0.1, -0.05) is 47.2 Å². The van der Waals surface area contributed by atoms with E-state index in [1.807, 2.05) is 30.3 Å². The van der Waals surface area contributed by atoms with Gasteiger partial charge in [-0.05, 0) is 35.9 Å². The molecule has 0 spiro atoms. The molecule has 140 valence electrons. The maximum absolute atomic E-state index is 13.3. The zero-order chi connectivity index (χ0) is 19.5. The fourth-order valence-electron chi connectivity index (χ4n) is 2.86. The van der Waals surface area contributed by atoms with E-state index in [1.54, 1.807) is 48.7 Å². The molecule has 0 atom stereocenters. The van der Waals surface area contributed by atoms with E-state index in [4.69, 9.17) is 16.3 Å². The summed E-state index contributed by atoms with van der Waals surface area (Å²) in [6.07, 6.45) is 3.45. The fourth-order valence-corrected chi connectivity index (χ4v) is 4.11. The summed E-state index contributed by atoms with van der Waals surface area (Å²) in [5.74, 6) is 0.481. The molecule has 1 amide bonds. The smallest absolute Gasteiger partial charge is 0.260 e. The molecule has 0 N–H and O–H groups in total. The number of rotatable bonds is 5. The van der Waals surface area contributed by atoms with Crippen LogP contribution in [-0.4, -0.2) is 23.0 Å². The molecule has 0 bridgehead atoms. The largest absolute Gasteiger partial charge is 0.494 e. The van der Waals surface area contributed by atoms with Gasteiger partial charge in [0.05, 0.1) is 23.4 Å². The number of fused-ring (bicyclic) bond motifs is 1. The van der Waals surface area contributed by atoms with Gasteiger partial charge in [0.15, 0.2) is 5.13 Å². The standard InChI is InChI=1S/C21H16ClN3O2S/c1-27-17-10-9-16(22)19-18(17)24-21(28-19)25(13-14-6-5-11-23-12-14)20(26)15-7-3-2-4-8-15/h2-12H,13H2,1H3. The van der Waals surface area contributed by atoms with Gasteiger partial charge in [0.1, 0.15) is 11.3 Å². The Morgan fingerprint density at radius 1 is 1.14 bits per heavy atom. The molecule has 4 aromatic rings. The molecule has 0 fully saturated rings. The van der Waals surface area contributed by atoms with Gasteiger partial charge in [-0.3, -0.25) is 14.7 Å². The van der Waals surface area contributed by atoms with Gasteiger partial charge in [0, 0.05) is 18.0 Å². The zero-order valence-electron chi connectivity index (χ0n) is 15.0. The lowest BCUT2D eigenvalue weighted by Gasteiger charge is -2.20. The summed E-state index contributed by atoms with van der Waals surface area (Å²) in [6, 6.07) is 16.5. The number of ether oxygens (including phenoxy) is 1. The van der Waals surface area contributed by atoms with E-state index >= 15 is 0 Å². The van der Waals surface area contributed by atoms with Crippen molar-refractivity contribution in [3.8, 4) is 5.75 Å². The highest BCUT2D eigenvalue weighted by atomic mass is 35.5. The number of methoxy groups -OCH3 is 1. The van der Waals surface area contributed by atoms with E-state index in [0.29, 0.717) is 33.5 Å². The topological polar surface area (TPSA) is 55.3 Å². The summed E-state index contributed by atoms with van der Waals surface area (Å²) in [4.78, 5) is 23.8. The van der Waals surface area contributed by atoms with Crippen LogP contribution < -0.4 is 9.64 Å². The van der Waals surface area contributed by atoms with Gasteiger partial charge in [0.25, 0.3) is 5.91 Å². The Bertz CT molecular complexity index is 1120. The normalized spacial score (nSPS) is 10.8. The highest BCUT2D eigenvalue weighted by molar-refractivity contribution is 7.23. The van der Waals surface area contributed by atoms with E-state index < -0.39 is 0 Å². The Labute approximate surface area is 171 Å². The van der Waals surface area contributed by atoms with Gasteiger partial charge < -0.3 is 4.74 Å². The van der Waals surface area contributed by atoms with Crippen molar-refractivity contribution in [2.24, 2.45) is 0 Å². The van der Waals surface area contributed by atoms with Crippen LogP contribution in [0.5, 0.6) is 5.75 Å². The Balaban J connectivity index is 1.82. The van der Waals surface area contributed by atoms with Crippen LogP contribution in [0.25, 0.3) is 10.2 Å². The molecule has 0 aliphatic heterocycles. The minimum atomic E-state index is -0.140. The van der Waals surface area contributed by atoms with E-state index in [2.05, 4.69) is 9.97 Å². The highest BCUT2D eigenvalue weighted by Crippen LogP contribution is 2.39. The average Bonchev–Trinajstić information content (AvgIpc) is 3.19. The van der Waals surface area contributed by atoms with Crippen LogP contribution in [0.1, 0.15) is 15.9 Å². The van der Waals surface area contributed by atoms with Crippen LogP contribution in [0, 0.1) is 0 Å². The summed E-state index contributed by atoms with van der Waals surface area (Å²) < 4.78 is 6.20. The van der Waals surface area contributed by atoms with Crippen molar-refractivity contribution < 1.29 is 9.53 Å². The Kier molecular flexibility index (Phi) is 5.23. The molecule has 5 nitrogen and oxygen atoms in total. The van der Waals surface area contributed by atoms with Gasteiger partial charge in [-0.2, -0.15) is 0 Å². The fraction of sp³-hybridized carbons (Fsp3) is 0.0952. The predicted octanol–water partition coefficient (Wildman–Crippen LogP) is 5.20. The third-order valence-corrected chi connectivity index (χ3v) is 5.77. The van der Waals surface area contributed by atoms with Gasteiger partial charge in [-0.25, -0.2) is 4.98 Å². The molecule has 0 radical (unpaired) electrons. The van der Waals surface area contributed by atoms with E-state index in [-0.39, 0.29) is 5.91 Å². The summed E-state index contributed by atoms with van der Waals surface area (Å²) in [6.45, 7) is 0.349. The number of carbonyl (C=O) groups is 1. The molecule has 2 aromatic heterocycles. The molecule has 2 heterocycles. The van der Waals surface area contributed by atoms with E-state index in [0.717, 1.165) is 10.3 Å². The maximum Gasteiger partial charge on any atom is 0.260 e. The molecular weight excluding hydrogens is 394 g/mol. The number of amides is 1. The monoisotopic (exact) mass is 409 g/mol. The molecule has 7 heteroatoms. The molecule has 0 unspecified atom stereocenters. The van der Waals surface area contributed by atoms with Crippen LogP contribution in [-0.2, 0) is 6.54 Å². The first-order chi connectivity index (χ1) is 13.7. The van der Waals surface area contributed by atoms with Crippen molar-refractivity contribution in [1.82, 2.24) is 9.97 Å². The van der Waals surface area contributed by atoms with Gasteiger partial charge >= 0.3 is 0 Å². The minimum absolute atomic E-state index is 0.140. The van der Waals surface area contributed by atoms with Gasteiger partial charge in [-0.15, -0.1) is 0 Å². The lowest BCUT2D eigenvalue weighted by atomic mass is 10.2. The Morgan fingerprint density at radius 2 is 1.96 bits per heavy atom. The summed E-state index contributed by atoms with van der Waals surface area (Å²) in [7, 11) is 1.59. The average molecular weight is 410 g/mol. The number of benzene rings is 2. The second kappa shape index (κ2) is 7.96. The lowest BCUT2D eigenvalue weighted by Crippen LogP contribution is -2.30. The number of halogens is 1. The molecule has 28 heavy (non-hydrogen) atoms. The molecule has 0 saturated heterocycles. The number of carbonyl (C=O) groups excluding carboxylic acids is 1. The molecule has 0 saturated carbocycles. The third-order valence-electron chi connectivity index (χ3n) is 4.23. The number of nitrogens with zero attached hydrogens (tertiary/aromatic N) is 3. The molecule has 4 rings (SSSR count). The second-order valence-corrected chi connectivity index (χ2v) is 7.43. The first kappa shape index (κ1) is 18.4. The minimum Gasteiger partial charge on any atom is -0.494 e. The van der Waals surface area contributed by atoms with Crippen molar-refractivity contribution in [2.75, 3.05) is 12.0 Å². The molecule has 0 aliphatic carbocycles. The summed E-state index contributed by atoms with van der Waals surface area (Å²) in [5.41, 5.74) is 2.14. The first-order valence-corrected chi connectivity index (χ1v) is 9.75. The highest BCUT2D eigenvalue weighted by Gasteiger charge is 2.23. The van der Waals surface area contributed by atoms with E-state index in [9.17, 15) is 4.79 Å². The summed E-state index contributed by atoms with van der Waals surface area (Å²) >= 11 is 7.73. The van der Waals surface area contributed by atoms with Crippen molar-refractivity contribution in [2.45, 2.75) is 6.54 Å². The number of hydrogen-bond donors (Lipinski definition) is 0. The van der Waals surface area contributed by atoms with E-state index in [1.165, 1.54) is 11.3 Å². The van der Waals surface area contributed by atoms with Crippen molar-refractivity contribution in [1.29, 1.82) is 0 Å². The van der Waals surface area contributed by atoms with Crippen molar-refractivity contribution in [3.05, 3.63) is 83.1 Å². The Morgan fingerprint density at radius 3 is 2.68 bits per heavy atom. The summed E-state index contributed by atoms with van der Waals surface area (Å²) in [5, 5.41) is 1.13.